The van der Waals surface area contributed by atoms with E-state index >= 15 is 0 Å². The van der Waals surface area contributed by atoms with Crippen LogP contribution in [0.3, 0.4) is 0 Å². The monoisotopic (exact) mass is 390 g/mol. The molecule has 0 spiro atoms. The number of carbonyl (C=O) groups excluding carboxylic acids is 1. The van der Waals surface area contributed by atoms with Crippen LogP contribution < -0.4 is 10.6 Å². The van der Waals surface area contributed by atoms with Gasteiger partial charge in [0, 0.05) is 30.1 Å². The fourth-order valence-corrected chi connectivity index (χ4v) is 4.29. The third-order valence-electron chi connectivity index (χ3n) is 6.17. The summed E-state index contributed by atoms with van der Waals surface area (Å²) >= 11 is 0. The van der Waals surface area contributed by atoms with Gasteiger partial charge in [0.1, 0.15) is 11.6 Å². The van der Waals surface area contributed by atoms with Gasteiger partial charge in [0.2, 0.25) is 0 Å². The third-order valence-corrected chi connectivity index (χ3v) is 6.17. The van der Waals surface area contributed by atoms with Crippen molar-refractivity contribution < 1.29 is 4.79 Å². The van der Waals surface area contributed by atoms with Gasteiger partial charge < -0.3 is 10.6 Å². The molecule has 0 aromatic carbocycles. The molecule has 150 valence electrons. The van der Waals surface area contributed by atoms with Crippen molar-refractivity contribution in [2.75, 3.05) is 10.6 Å². The largest absolute Gasteiger partial charge is 0.367 e. The number of anilines is 2. The number of nitrogens with one attached hydrogen (secondary N) is 2. The molecular weight excluding hydrogens is 364 g/mol. The highest BCUT2D eigenvalue weighted by atomic mass is 16.1. The molecule has 7 heteroatoms. The van der Waals surface area contributed by atoms with E-state index in [-0.39, 0.29) is 5.91 Å². The second-order valence-electron chi connectivity index (χ2n) is 8.16. The van der Waals surface area contributed by atoms with Gasteiger partial charge in [-0.3, -0.25) is 9.78 Å². The van der Waals surface area contributed by atoms with E-state index < -0.39 is 0 Å². The molecule has 3 aromatic rings. The molecule has 2 saturated carbocycles. The Morgan fingerprint density at radius 1 is 1.07 bits per heavy atom. The van der Waals surface area contributed by atoms with Crippen LogP contribution in [0.15, 0.2) is 36.8 Å². The fraction of sp³-hybridized carbons (Fsp3) is 0.455. The Morgan fingerprint density at radius 2 is 1.93 bits per heavy atom. The molecule has 0 radical (unpaired) electrons. The summed E-state index contributed by atoms with van der Waals surface area (Å²) in [6.07, 6.45) is 14.9. The Labute approximate surface area is 169 Å². The maximum absolute atomic E-state index is 12.7. The van der Waals surface area contributed by atoms with Crippen LogP contribution in [0.25, 0.3) is 5.65 Å². The van der Waals surface area contributed by atoms with Gasteiger partial charge in [-0.25, -0.2) is 4.98 Å². The minimum atomic E-state index is -0.199. The number of rotatable bonds is 5. The summed E-state index contributed by atoms with van der Waals surface area (Å²) in [4.78, 5) is 21.7. The molecule has 7 nitrogen and oxygen atoms in total. The summed E-state index contributed by atoms with van der Waals surface area (Å²) in [6, 6.07) is 5.85. The first kappa shape index (κ1) is 18.1. The van der Waals surface area contributed by atoms with Crippen LogP contribution in [0.1, 0.15) is 73.2 Å². The Hall–Kier alpha value is -2.96. The Balaban J connectivity index is 1.50. The zero-order chi connectivity index (χ0) is 19.6. The molecule has 3 heterocycles. The fourth-order valence-electron chi connectivity index (χ4n) is 4.29. The summed E-state index contributed by atoms with van der Waals surface area (Å²) in [5.41, 5.74) is 2.54. The zero-order valence-electron chi connectivity index (χ0n) is 16.5. The van der Waals surface area contributed by atoms with Crippen molar-refractivity contribution in [3.8, 4) is 0 Å². The highest BCUT2D eigenvalue weighted by molar-refractivity contribution is 6.03. The lowest BCUT2D eigenvalue weighted by molar-refractivity contribution is 0.102. The lowest BCUT2D eigenvalue weighted by atomic mass is 9.81. The molecule has 0 atom stereocenters. The number of nitrogens with zero attached hydrogens (tertiary/aromatic N) is 4. The van der Waals surface area contributed by atoms with Crippen molar-refractivity contribution >= 4 is 23.2 Å². The first-order valence-electron chi connectivity index (χ1n) is 10.6. The lowest BCUT2D eigenvalue weighted by Gasteiger charge is -2.25. The smallest absolute Gasteiger partial charge is 0.258 e. The first-order valence-corrected chi connectivity index (χ1v) is 10.6. The maximum atomic E-state index is 12.7. The van der Waals surface area contributed by atoms with E-state index in [1.165, 1.54) is 56.9 Å². The van der Waals surface area contributed by atoms with Gasteiger partial charge in [-0.05, 0) is 43.7 Å². The van der Waals surface area contributed by atoms with Gasteiger partial charge in [-0.1, -0.05) is 25.7 Å². The van der Waals surface area contributed by atoms with Gasteiger partial charge in [0.15, 0.2) is 5.65 Å². The van der Waals surface area contributed by atoms with E-state index in [1.54, 1.807) is 29.0 Å². The first-order chi connectivity index (χ1) is 14.3. The second-order valence-corrected chi connectivity index (χ2v) is 8.16. The number of carbonyl (C=O) groups is 1. The van der Waals surface area contributed by atoms with Crippen LogP contribution in [0, 0.1) is 0 Å². The SMILES string of the molecule is O=C(Nc1cc(NC2CCCCC2)nc2c(C3CCC3)cnn12)c1cccnc1. The van der Waals surface area contributed by atoms with Crippen molar-refractivity contribution in [2.45, 2.75) is 63.3 Å². The molecule has 2 aliphatic carbocycles. The van der Waals surface area contributed by atoms with Crippen molar-refractivity contribution in [3.05, 3.63) is 47.9 Å². The molecule has 3 aromatic heterocycles. The number of fused-ring (bicyclic) bond motifs is 1. The standard InChI is InChI=1S/C22H26N6O/c29-22(16-8-5-11-23-13-16)27-20-12-19(25-17-9-2-1-3-10-17)26-21-18(14-24-28(20)21)15-6-4-7-15/h5,8,11-15,17H,1-4,6-7,9-10H2,(H,25,26)(H,27,29). The lowest BCUT2D eigenvalue weighted by Crippen LogP contribution is -2.23. The molecule has 2 fully saturated rings. The average Bonchev–Trinajstić information content (AvgIpc) is 3.12. The molecule has 5 rings (SSSR count). The Morgan fingerprint density at radius 3 is 2.66 bits per heavy atom. The van der Waals surface area contributed by atoms with Gasteiger partial charge in [0.25, 0.3) is 5.91 Å². The quantitative estimate of drug-likeness (QED) is 0.675. The summed E-state index contributed by atoms with van der Waals surface area (Å²) in [5, 5.41) is 11.2. The molecular formula is C22H26N6O. The zero-order valence-corrected chi connectivity index (χ0v) is 16.5. The normalized spacial score (nSPS) is 17.8. The Kier molecular flexibility index (Phi) is 4.87. The second kappa shape index (κ2) is 7.81. The predicted octanol–water partition coefficient (Wildman–Crippen LogP) is 4.39. The van der Waals surface area contributed by atoms with Crippen molar-refractivity contribution in [1.29, 1.82) is 0 Å². The molecule has 2 N–H and O–H groups in total. The molecule has 0 unspecified atom stereocenters. The number of hydrogen-bond acceptors (Lipinski definition) is 5. The van der Waals surface area contributed by atoms with E-state index in [4.69, 9.17) is 4.98 Å². The summed E-state index contributed by atoms with van der Waals surface area (Å²) in [5.74, 6) is 1.77. The Bertz CT molecular complexity index is 1000. The summed E-state index contributed by atoms with van der Waals surface area (Å²) in [6.45, 7) is 0. The number of amides is 1. The highest BCUT2D eigenvalue weighted by Crippen LogP contribution is 2.38. The molecule has 29 heavy (non-hydrogen) atoms. The maximum Gasteiger partial charge on any atom is 0.258 e. The van der Waals surface area contributed by atoms with Gasteiger partial charge in [-0.2, -0.15) is 9.61 Å². The van der Waals surface area contributed by atoms with Crippen molar-refractivity contribution in [3.63, 3.8) is 0 Å². The molecule has 0 aliphatic heterocycles. The predicted molar refractivity (Wildman–Crippen MR) is 112 cm³/mol. The van der Waals surface area contributed by atoms with Crippen molar-refractivity contribution in [2.24, 2.45) is 0 Å². The van der Waals surface area contributed by atoms with Gasteiger partial charge in [0.05, 0.1) is 11.8 Å². The van der Waals surface area contributed by atoms with Crippen LogP contribution in [0.5, 0.6) is 0 Å². The average molecular weight is 390 g/mol. The van der Waals surface area contributed by atoms with E-state index in [9.17, 15) is 4.79 Å². The highest BCUT2D eigenvalue weighted by Gasteiger charge is 2.25. The van der Waals surface area contributed by atoms with E-state index in [0.717, 1.165) is 11.5 Å². The van der Waals surface area contributed by atoms with Crippen LogP contribution in [0.4, 0.5) is 11.6 Å². The molecule has 1 amide bonds. The van der Waals surface area contributed by atoms with Crippen LogP contribution in [-0.4, -0.2) is 31.5 Å². The molecule has 0 saturated heterocycles. The van der Waals surface area contributed by atoms with E-state index in [2.05, 4.69) is 20.7 Å². The van der Waals surface area contributed by atoms with E-state index in [1.807, 2.05) is 12.3 Å². The van der Waals surface area contributed by atoms with Crippen LogP contribution in [-0.2, 0) is 0 Å². The van der Waals surface area contributed by atoms with E-state index in [0.29, 0.717) is 23.3 Å². The summed E-state index contributed by atoms with van der Waals surface area (Å²) in [7, 11) is 0. The van der Waals surface area contributed by atoms with Crippen molar-refractivity contribution in [1.82, 2.24) is 19.6 Å². The number of hydrogen-bond donors (Lipinski definition) is 2. The summed E-state index contributed by atoms with van der Waals surface area (Å²) < 4.78 is 1.76. The minimum Gasteiger partial charge on any atom is -0.367 e. The topological polar surface area (TPSA) is 84.2 Å². The third kappa shape index (κ3) is 3.69. The number of pyridine rings is 1. The van der Waals surface area contributed by atoms with Gasteiger partial charge in [-0.15, -0.1) is 0 Å². The van der Waals surface area contributed by atoms with Gasteiger partial charge >= 0.3 is 0 Å². The molecule has 2 aliphatic rings. The van der Waals surface area contributed by atoms with Crippen LogP contribution >= 0.6 is 0 Å². The minimum absolute atomic E-state index is 0.199. The molecule has 0 bridgehead atoms. The van der Waals surface area contributed by atoms with Crippen LogP contribution in [0.2, 0.25) is 0 Å². The number of aromatic nitrogens is 4.